The molecular formula is C21H17N5O. The van der Waals surface area contributed by atoms with Crippen molar-refractivity contribution in [3.63, 3.8) is 0 Å². The number of aromatic nitrogens is 4. The van der Waals surface area contributed by atoms with Gasteiger partial charge in [0.1, 0.15) is 5.69 Å². The number of fused-ring (bicyclic) bond motifs is 1. The maximum absolute atomic E-state index is 12.3. The summed E-state index contributed by atoms with van der Waals surface area (Å²) in [6.07, 6.45) is 5.71. The fraction of sp³-hybridized carbons (Fsp3) is 0.0952. The van der Waals surface area contributed by atoms with Crippen LogP contribution in [-0.2, 0) is 6.42 Å². The average Bonchev–Trinajstić information content (AvgIpc) is 2.74. The predicted octanol–water partition coefficient (Wildman–Crippen LogP) is 3.06. The number of carbonyl (C=O) groups is 1. The van der Waals surface area contributed by atoms with Crippen LogP contribution in [0.15, 0.2) is 73.2 Å². The van der Waals surface area contributed by atoms with E-state index in [1.54, 1.807) is 12.4 Å². The number of hydrogen-bond donors (Lipinski definition) is 1. The highest BCUT2D eigenvalue weighted by atomic mass is 16.1. The van der Waals surface area contributed by atoms with E-state index < -0.39 is 0 Å². The summed E-state index contributed by atoms with van der Waals surface area (Å²) < 4.78 is 0. The number of para-hydroxylation sites is 2. The number of nitrogens with one attached hydrogen (secondary N) is 1. The second-order valence-electron chi connectivity index (χ2n) is 6.03. The molecule has 0 radical (unpaired) electrons. The summed E-state index contributed by atoms with van der Waals surface area (Å²) in [6.45, 7) is 0.474. The Morgan fingerprint density at radius 2 is 1.52 bits per heavy atom. The Morgan fingerprint density at radius 1 is 0.815 bits per heavy atom. The molecule has 27 heavy (non-hydrogen) atoms. The van der Waals surface area contributed by atoms with Gasteiger partial charge in [-0.3, -0.25) is 9.78 Å². The quantitative estimate of drug-likeness (QED) is 0.595. The maximum Gasteiger partial charge on any atom is 0.271 e. The standard InChI is InChI=1S/C21H17N5O/c27-21(19-14-23-17-8-4-5-9-18(17)26-19)22-11-10-15-12-24-20(25-13-15)16-6-2-1-3-7-16/h1-9,12-14H,10-11H2,(H,22,27). The molecule has 0 saturated carbocycles. The van der Waals surface area contributed by atoms with Crippen molar-refractivity contribution in [1.29, 1.82) is 0 Å². The van der Waals surface area contributed by atoms with Crippen LogP contribution in [0.5, 0.6) is 0 Å². The Morgan fingerprint density at radius 3 is 2.30 bits per heavy atom. The first-order valence-electron chi connectivity index (χ1n) is 8.66. The molecule has 1 N–H and O–H groups in total. The lowest BCUT2D eigenvalue weighted by atomic mass is 10.2. The van der Waals surface area contributed by atoms with Crippen molar-refractivity contribution in [2.45, 2.75) is 6.42 Å². The molecule has 6 heteroatoms. The topological polar surface area (TPSA) is 80.7 Å². The summed E-state index contributed by atoms with van der Waals surface area (Å²) in [7, 11) is 0. The number of nitrogens with zero attached hydrogens (tertiary/aromatic N) is 4. The van der Waals surface area contributed by atoms with E-state index in [9.17, 15) is 4.79 Å². The first kappa shape index (κ1) is 16.8. The summed E-state index contributed by atoms with van der Waals surface area (Å²) in [6, 6.07) is 17.3. The largest absolute Gasteiger partial charge is 0.350 e. The van der Waals surface area contributed by atoms with Crippen LogP contribution in [0.25, 0.3) is 22.4 Å². The van der Waals surface area contributed by atoms with E-state index in [0.29, 0.717) is 30.0 Å². The first-order chi connectivity index (χ1) is 13.3. The van der Waals surface area contributed by atoms with Crippen LogP contribution < -0.4 is 5.32 Å². The summed E-state index contributed by atoms with van der Waals surface area (Å²) in [5, 5.41) is 2.86. The van der Waals surface area contributed by atoms with E-state index in [0.717, 1.165) is 16.6 Å². The summed E-state index contributed by atoms with van der Waals surface area (Å²) in [5.74, 6) is 0.449. The molecule has 0 saturated heterocycles. The van der Waals surface area contributed by atoms with Gasteiger partial charge in [0.05, 0.1) is 17.2 Å². The number of benzene rings is 2. The van der Waals surface area contributed by atoms with E-state index in [-0.39, 0.29) is 5.91 Å². The minimum Gasteiger partial charge on any atom is -0.350 e. The van der Waals surface area contributed by atoms with Crippen molar-refractivity contribution in [2.75, 3.05) is 6.54 Å². The number of hydrogen-bond acceptors (Lipinski definition) is 5. The van der Waals surface area contributed by atoms with E-state index in [1.807, 2.05) is 54.6 Å². The van der Waals surface area contributed by atoms with Gasteiger partial charge in [-0.05, 0) is 24.1 Å². The zero-order valence-electron chi connectivity index (χ0n) is 14.5. The normalized spacial score (nSPS) is 10.7. The maximum atomic E-state index is 12.3. The fourth-order valence-electron chi connectivity index (χ4n) is 2.70. The van der Waals surface area contributed by atoms with Crippen molar-refractivity contribution < 1.29 is 4.79 Å². The van der Waals surface area contributed by atoms with Gasteiger partial charge in [-0.1, -0.05) is 42.5 Å². The van der Waals surface area contributed by atoms with Crippen molar-refractivity contribution >= 4 is 16.9 Å². The molecular weight excluding hydrogens is 338 g/mol. The molecule has 0 spiro atoms. The van der Waals surface area contributed by atoms with Crippen molar-refractivity contribution in [3.8, 4) is 11.4 Å². The monoisotopic (exact) mass is 355 g/mol. The van der Waals surface area contributed by atoms with Crippen LogP contribution in [0.3, 0.4) is 0 Å². The molecule has 2 heterocycles. The summed E-state index contributed by atoms with van der Waals surface area (Å²) in [4.78, 5) is 29.7. The van der Waals surface area contributed by atoms with Gasteiger partial charge in [0, 0.05) is 24.5 Å². The van der Waals surface area contributed by atoms with E-state index in [1.165, 1.54) is 6.20 Å². The Kier molecular flexibility index (Phi) is 4.78. The Bertz CT molecular complexity index is 1060. The highest BCUT2D eigenvalue weighted by Crippen LogP contribution is 2.13. The molecule has 6 nitrogen and oxygen atoms in total. The molecule has 4 aromatic rings. The molecule has 2 aromatic heterocycles. The van der Waals surface area contributed by atoms with Crippen LogP contribution in [-0.4, -0.2) is 32.4 Å². The van der Waals surface area contributed by atoms with Crippen LogP contribution in [0.2, 0.25) is 0 Å². The third-order valence-corrected chi connectivity index (χ3v) is 4.12. The molecule has 1 amide bonds. The smallest absolute Gasteiger partial charge is 0.271 e. The Balaban J connectivity index is 1.35. The summed E-state index contributed by atoms with van der Waals surface area (Å²) in [5.41, 5.74) is 3.72. The van der Waals surface area contributed by atoms with Gasteiger partial charge in [-0.2, -0.15) is 0 Å². The Labute approximate surface area is 156 Å². The molecule has 4 rings (SSSR count). The Hall–Kier alpha value is -3.67. The van der Waals surface area contributed by atoms with Gasteiger partial charge in [0.25, 0.3) is 5.91 Å². The SMILES string of the molecule is O=C(NCCc1cnc(-c2ccccc2)nc1)c1cnc2ccccc2n1. The molecule has 0 unspecified atom stereocenters. The van der Waals surface area contributed by atoms with Crippen LogP contribution in [0.1, 0.15) is 16.1 Å². The lowest BCUT2D eigenvalue weighted by Crippen LogP contribution is -2.26. The van der Waals surface area contributed by atoms with Gasteiger partial charge in [0.15, 0.2) is 5.82 Å². The lowest BCUT2D eigenvalue weighted by Gasteiger charge is -2.06. The highest BCUT2D eigenvalue weighted by molar-refractivity contribution is 5.93. The molecule has 0 aliphatic carbocycles. The zero-order chi connectivity index (χ0) is 18.5. The fourth-order valence-corrected chi connectivity index (χ4v) is 2.70. The molecule has 0 atom stereocenters. The first-order valence-corrected chi connectivity index (χ1v) is 8.66. The van der Waals surface area contributed by atoms with E-state index in [4.69, 9.17) is 0 Å². The number of carbonyl (C=O) groups excluding carboxylic acids is 1. The average molecular weight is 355 g/mol. The van der Waals surface area contributed by atoms with Crippen LogP contribution >= 0.6 is 0 Å². The van der Waals surface area contributed by atoms with Gasteiger partial charge >= 0.3 is 0 Å². The molecule has 0 aliphatic rings. The minimum absolute atomic E-state index is 0.241. The predicted molar refractivity (Wildman–Crippen MR) is 103 cm³/mol. The van der Waals surface area contributed by atoms with Crippen LogP contribution in [0.4, 0.5) is 0 Å². The number of rotatable bonds is 5. The second-order valence-corrected chi connectivity index (χ2v) is 6.03. The van der Waals surface area contributed by atoms with E-state index >= 15 is 0 Å². The third-order valence-electron chi connectivity index (χ3n) is 4.12. The minimum atomic E-state index is -0.241. The molecule has 0 fully saturated rings. The van der Waals surface area contributed by atoms with Crippen LogP contribution in [0, 0.1) is 0 Å². The van der Waals surface area contributed by atoms with Gasteiger partial charge in [-0.25, -0.2) is 15.0 Å². The highest BCUT2D eigenvalue weighted by Gasteiger charge is 2.09. The molecule has 0 aliphatic heterocycles. The molecule has 132 valence electrons. The van der Waals surface area contributed by atoms with Gasteiger partial charge in [0.2, 0.25) is 0 Å². The van der Waals surface area contributed by atoms with E-state index in [2.05, 4.69) is 25.3 Å². The molecule has 2 aromatic carbocycles. The van der Waals surface area contributed by atoms with Gasteiger partial charge < -0.3 is 5.32 Å². The van der Waals surface area contributed by atoms with Crippen molar-refractivity contribution in [3.05, 3.63) is 84.4 Å². The zero-order valence-corrected chi connectivity index (χ0v) is 14.5. The lowest BCUT2D eigenvalue weighted by molar-refractivity contribution is 0.0949. The van der Waals surface area contributed by atoms with Gasteiger partial charge in [-0.15, -0.1) is 0 Å². The number of amides is 1. The second kappa shape index (κ2) is 7.70. The van der Waals surface area contributed by atoms with Crippen molar-refractivity contribution in [1.82, 2.24) is 25.3 Å². The molecule has 0 bridgehead atoms. The van der Waals surface area contributed by atoms with Crippen molar-refractivity contribution in [2.24, 2.45) is 0 Å². The summed E-state index contributed by atoms with van der Waals surface area (Å²) >= 11 is 0. The third kappa shape index (κ3) is 3.95.